The van der Waals surface area contributed by atoms with Crippen LogP contribution in [-0.2, 0) is 26.5 Å². The van der Waals surface area contributed by atoms with Crippen LogP contribution in [0.5, 0.6) is 0 Å². The van der Waals surface area contributed by atoms with Gasteiger partial charge >= 0.3 is 21.1 Å². The molecule has 0 N–H and O–H groups in total. The van der Waals surface area contributed by atoms with Gasteiger partial charge in [0.15, 0.2) is 0 Å². The average molecular weight is 928 g/mol. The van der Waals surface area contributed by atoms with Crippen molar-refractivity contribution in [1.29, 1.82) is 0 Å². The Bertz CT molecular complexity index is 3330. The molecule has 0 amide bonds. The van der Waals surface area contributed by atoms with Crippen molar-refractivity contribution in [3.8, 4) is 45.1 Å². The van der Waals surface area contributed by atoms with Gasteiger partial charge in [-0.1, -0.05) is 146 Å². The van der Waals surface area contributed by atoms with E-state index in [0.717, 1.165) is 99.9 Å². The first-order valence-corrected chi connectivity index (χ1v) is 19.3. The van der Waals surface area contributed by atoms with E-state index in [0.29, 0.717) is 0 Å². The third-order valence-corrected chi connectivity index (χ3v) is 11.1. The molecule has 4 aromatic heterocycles. The first kappa shape index (κ1) is 35.8. The van der Waals surface area contributed by atoms with Gasteiger partial charge in [0, 0.05) is 28.4 Å². The molecule has 0 atom stereocenters. The van der Waals surface area contributed by atoms with Gasteiger partial charge in [-0.2, -0.15) is 0 Å². The maximum absolute atomic E-state index is 7.12. The number of imidazole rings is 1. The molecule has 0 unspecified atom stereocenters. The molecule has 0 aliphatic rings. The number of hydrogen-bond donors (Lipinski definition) is 0. The van der Waals surface area contributed by atoms with Gasteiger partial charge in [-0.3, -0.25) is 4.98 Å². The molecular weight excluding hydrogens is 892 g/mol. The summed E-state index contributed by atoms with van der Waals surface area (Å²) in [6.45, 7) is 6.79. The summed E-state index contributed by atoms with van der Waals surface area (Å²) >= 11 is 0. The zero-order valence-electron chi connectivity index (χ0n) is 32.1. The van der Waals surface area contributed by atoms with Gasteiger partial charge in [0.1, 0.15) is 5.58 Å². The number of fused-ring (bicyclic) bond motifs is 7. The molecule has 0 saturated carbocycles. The van der Waals surface area contributed by atoms with Crippen molar-refractivity contribution < 1.29 is 25.5 Å². The number of nitrogens with zero attached hydrogens (tertiary/aromatic N) is 4. The van der Waals surface area contributed by atoms with E-state index < -0.39 is 0 Å². The molecule has 0 fully saturated rings. The van der Waals surface area contributed by atoms with Gasteiger partial charge in [0.2, 0.25) is 0 Å². The van der Waals surface area contributed by atoms with E-state index in [2.05, 4.69) is 180 Å². The Hall–Kier alpha value is -6.55. The Kier molecular flexibility index (Phi) is 8.54. The molecule has 7 aromatic carbocycles. The van der Waals surface area contributed by atoms with Gasteiger partial charge in [0.25, 0.3) is 0 Å². The fourth-order valence-corrected chi connectivity index (χ4v) is 8.50. The fourth-order valence-electron chi connectivity index (χ4n) is 8.50. The Morgan fingerprint density at radius 1 is 0.586 bits per heavy atom. The van der Waals surface area contributed by atoms with Gasteiger partial charge < -0.3 is 18.5 Å². The second kappa shape index (κ2) is 13.8. The number of pyridine rings is 1. The largest absolute Gasteiger partial charge is 2.00 e. The van der Waals surface area contributed by atoms with E-state index in [9.17, 15) is 0 Å². The number of para-hydroxylation sites is 5. The molecule has 6 heteroatoms. The maximum atomic E-state index is 7.12. The van der Waals surface area contributed by atoms with Crippen LogP contribution in [0.15, 0.2) is 168 Å². The zero-order chi connectivity index (χ0) is 38.3. The molecule has 11 rings (SSSR count). The van der Waals surface area contributed by atoms with Crippen molar-refractivity contribution in [3.05, 3.63) is 182 Å². The summed E-state index contributed by atoms with van der Waals surface area (Å²) in [5.41, 5.74) is 13.2. The Labute approximate surface area is 350 Å². The molecule has 4 heterocycles. The molecule has 0 spiro atoms. The number of hydrogen-bond acceptors (Lipinski definition) is 3. The Morgan fingerprint density at radius 3 is 2.16 bits per heavy atom. The number of furan rings is 1. The summed E-state index contributed by atoms with van der Waals surface area (Å²) in [5.74, 6) is 0.763. The maximum Gasteiger partial charge on any atom is 2.00 e. The van der Waals surface area contributed by atoms with Crippen LogP contribution in [0.2, 0.25) is 0 Å². The molecule has 0 aliphatic heterocycles. The van der Waals surface area contributed by atoms with Crippen molar-refractivity contribution in [1.82, 2.24) is 19.1 Å². The quantitative estimate of drug-likeness (QED) is 0.162. The third-order valence-electron chi connectivity index (χ3n) is 11.1. The van der Waals surface area contributed by atoms with Gasteiger partial charge in [-0.25, -0.2) is 0 Å². The Balaban J connectivity index is 0.00000408. The number of rotatable bonds is 5. The minimum Gasteiger partial charge on any atom is -0.500 e. The molecule has 0 aliphatic carbocycles. The normalized spacial score (nSPS) is 11.9. The minimum absolute atomic E-state index is 0. The van der Waals surface area contributed by atoms with E-state index in [1.165, 1.54) is 5.56 Å². The van der Waals surface area contributed by atoms with E-state index in [1.54, 1.807) is 0 Å². The van der Waals surface area contributed by atoms with Crippen LogP contribution < -0.4 is 0 Å². The summed E-state index contributed by atoms with van der Waals surface area (Å²) in [4.78, 5) is 10.1. The monoisotopic (exact) mass is 927 g/mol. The van der Waals surface area contributed by atoms with Crippen LogP contribution in [0, 0.1) is 12.1 Å². The van der Waals surface area contributed by atoms with Gasteiger partial charge in [-0.05, 0) is 69.2 Å². The third kappa shape index (κ3) is 5.64. The predicted molar refractivity (Wildman–Crippen MR) is 233 cm³/mol. The van der Waals surface area contributed by atoms with E-state index in [-0.39, 0.29) is 26.5 Å². The van der Waals surface area contributed by atoms with Crippen molar-refractivity contribution in [2.24, 2.45) is 0 Å². The molecule has 0 radical (unpaired) electrons. The summed E-state index contributed by atoms with van der Waals surface area (Å²) < 4.78 is 11.7. The summed E-state index contributed by atoms with van der Waals surface area (Å²) in [6, 6.07) is 62.7. The summed E-state index contributed by atoms with van der Waals surface area (Å²) in [5, 5.41) is 4.26. The zero-order valence-corrected chi connectivity index (χ0v) is 34.4. The topological polar surface area (TPSA) is 48.8 Å². The van der Waals surface area contributed by atoms with Crippen LogP contribution in [0.3, 0.4) is 0 Å². The van der Waals surface area contributed by atoms with Crippen molar-refractivity contribution in [2.75, 3.05) is 0 Å². The number of aromatic nitrogens is 4. The van der Waals surface area contributed by atoms with E-state index in [4.69, 9.17) is 9.40 Å². The first-order chi connectivity index (χ1) is 27.9. The number of benzene rings is 7. The smallest absolute Gasteiger partial charge is 0.500 e. The SMILES string of the molecule is CC(C)(C)c1ccccc1-n1c(-c2[c-]c(-n3c4[c-]c(-c5ccccn5)ccc4c4ccccc43)cc3c2oc2c(-c4ccccc4)cccc23)nc2ccccc21.[Pt+2]. The first-order valence-electron chi connectivity index (χ1n) is 19.3. The summed E-state index contributed by atoms with van der Waals surface area (Å²) in [6.07, 6.45) is 1.83. The van der Waals surface area contributed by atoms with Crippen LogP contribution >= 0.6 is 0 Å². The van der Waals surface area contributed by atoms with Crippen LogP contribution in [0.1, 0.15) is 26.3 Å². The molecule has 280 valence electrons. The van der Waals surface area contributed by atoms with Crippen molar-refractivity contribution in [3.63, 3.8) is 0 Å². The van der Waals surface area contributed by atoms with Gasteiger partial charge in [0.05, 0.1) is 22.4 Å². The van der Waals surface area contributed by atoms with Crippen molar-refractivity contribution in [2.45, 2.75) is 26.2 Å². The average Bonchev–Trinajstić information content (AvgIpc) is 3.93. The predicted octanol–water partition coefficient (Wildman–Crippen LogP) is 13.3. The molecule has 0 saturated heterocycles. The molecule has 11 aromatic rings. The standard InChI is InChI=1S/C52H36N4O.Pt/c1-52(2,3)42-21-8-11-25-46(42)56-47-26-12-9-23-44(47)54-51(56)41-32-35(31-40-39-20-15-19-36(49(39)57-50(40)41)33-16-5-4-6-17-33)55-45-24-10-7-18-37(45)38-28-27-34(30-48(38)55)43-22-13-14-29-53-43;/h4-29,31H,1-3H3;/q-2;+2. The molecule has 5 nitrogen and oxygen atoms in total. The van der Waals surface area contributed by atoms with Crippen LogP contribution in [0.25, 0.3) is 99.9 Å². The molecular formula is C52H36N4OPt. The summed E-state index contributed by atoms with van der Waals surface area (Å²) in [7, 11) is 0. The van der Waals surface area contributed by atoms with Gasteiger partial charge in [-0.15, -0.1) is 35.9 Å². The molecule has 58 heavy (non-hydrogen) atoms. The Morgan fingerprint density at radius 2 is 1.33 bits per heavy atom. The van der Waals surface area contributed by atoms with Crippen molar-refractivity contribution >= 4 is 54.8 Å². The van der Waals surface area contributed by atoms with Crippen LogP contribution in [-0.4, -0.2) is 19.1 Å². The second-order valence-corrected chi connectivity index (χ2v) is 15.7. The second-order valence-electron chi connectivity index (χ2n) is 15.7. The van der Waals surface area contributed by atoms with Crippen LogP contribution in [0.4, 0.5) is 0 Å². The molecule has 0 bridgehead atoms. The minimum atomic E-state index is -0.131. The fraction of sp³-hybridized carbons (Fsp3) is 0.0769. The van der Waals surface area contributed by atoms with E-state index in [1.807, 2.05) is 30.5 Å². The van der Waals surface area contributed by atoms with E-state index >= 15 is 0 Å².